The minimum absolute atomic E-state index is 0. The molecule has 0 saturated heterocycles. The highest BCUT2D eigenvalue weighted by atomic mass is 32.1. The Kier molecular flexibility index (Phi) is 3.52. The zero-order valence-electron chi connectivity index (χ0n) is 10.9. The third-order valence-electron chi connectivity index (χ3n) is 3.54. The van der Waals surface area contributed by atoms with E-state index in [0.29, 0.717) is 0 Å². The lowest BCUT2D eigenvalue weighted by Gasteiger charge is -2.05. The maximum Gasteiger partial charge on any atom is 0.385 e. The summed E-state index contributed by atoms with van der Waals surface area (Å²) in [5, 5.41) is 13.6. The molecule has 0 atom stereocenters. The van der Waals surface area contributed by atoms with Crippen LogP contribution in [0.1, 0.15) is 5.56 Å². The number of halogens is 1. The average molecular weight is 321 g/mol. The van der Waals surface area contributed by atoms with Crippen LogP contribution in [0.5, 0.6) is 5.88 Å². The average Bonchev–Trinajstić information content (AvgIpc) is 3.03. The summed E-state index contributed by atoms with van der Waals surface area (Å²) in [5.74, 6) is -0.0373. The summed E-state index contributed by atoms with van der Waals surface area (Å²) in [6.07, 6.45) is 0.934. The molecule has 3 aromatic rings. The van der Waals surface area contributed by atoms with Gasteiger partial charge in [-0.05, 0) is 29.1 Å². The second-order valence-electron chi connectivity index (χ2n) is 4.75. The van der Waals surface area contributed by atoms with Crippen molar-refractivity contribution in [1.82, 2.24) is 0 Å². The van der Waals surface area contributed by atoms with Gasteiger partial charge in [0.1, 0.15) is 10.7 Å². The predicted molar refractivity (Wildman–Crippen MR) is 80.5 cm³/mol. The van der Waals surface area contributed by atoms with E-state index in [9.17, 15) is 9.50 Å². The number of fused-ring (bicyclic) bond motifs is 3. The number of thiophene rings is 1. The van der Waals surface area contributed by atoms with Gasteiger partial charge in [-0.15, -0.1) is 15.9 Å². The van der Waals surface area contributed by atoms with E-state index in [2.05, 4.69) is 11.4 Å². The lowest BCUT2D eigenvalue weighted by molar-refractivity contribution is -0.688. The van der Waals surface area contributed by atoms with Crippen molar-refractivity contribution in [2.24, 2.45) is 0 Å². The van der Waals surface area contributed by atoms with Gasteiger partial charge in [-0.2, -0.15) is 0 Å². The molecular weight excluding hydrogens is 309 g/mol. The Hall–Kier alpha value is -1.76. The second kappa shape index (κ2) is 5.22. The summed E-state index contributed by atoms with van der Waals surface area (Å²) in [7, 11) is 0. The molecule has 4 rings (SSSR count). The number of aromatic hydroxyl groups is 1. The summed E-state index contributed by atoms with van der Waals surface area (Å²) >= 11 is 3.22. The summed E-state index contributed by atoms with van der Waals surface area (Å²) < 4.78 is 15.3. The van der Waals surface area contributed by atoms with Crippen LogP contribution in [0.2, 0.25) is 0 Å². The first kappa shape index (κ1) is 14.2. The van der Waals surface area contributed by atoms with Crippen LogP contribution in [0.15, 0.2) is 35.7 Å². The quantitative estimate of drug-likeness (QED) is 0.696. The zero-order valence-corrected chi connectivity index (χ0v) is 12.5. The van der Waals surface area contributed by atoms with Gasteiger partial charge in [-0.1, -0.05) is 23.5 Å². The highest BCUT2D eigenvalue weighted by molar-refractivity contribution is 7.22. The maximum absolute atomic E-state index is 13.4. The Balaban J connectivity index is 0.00000132. The lowest BCUT2D eigenvalue weighted by Crippen LogP contribution is -2.37. The summed E-state index contributed by atoms with van der Waals surface area (Å²) in [6, 6.07) is 8.52. The number of hydrogen-bond donors (Lipinski definition) is 1. The van der Waals surface area contributed by atoms with Crippen LogP contribution in [-0.2, 0) is 13.0 Å². The van der Waals surface area contributed by atoms with E-state index >= 15 is 0 Å². The first-order chi connectivity index (χ1) is 9.74. The molecule has 1 aliphatic heterocycles. The Morgan fingerprint density at radius 2 is 2.05 bits per heavy atom. The molecular formula is C15H12FNO2S2. The van der Waals surface area contributed by atoms with Gasteiger partial charge >= 0.3 is 5.88 Å². The number of thiazole rings is 1. The first-order valence-electron chi connectivity index (χ1n) is 6.32. The van der Waals surface area contributed by atoms with Crippen molar-refractivity contribution in [3.8, 4) is 26.2 Å². The predicted octanol–water partition coefficient (Wildman–Crippen LogP) is 3.66. The van der Waals surface area contributed by atoms with Gasteiger partial charge in [-0.3, -0.25) is 0 Å². The van der Waals surface area contributed by atoms with Gasteiger partial charge in [0, 0.05) is 12.0 Å². The molecule has 108 valence electrons. The minimum Gasteiger partial charge on any atom is -0.870 e. The van der Waals surface area contributed by atoms with Gasteiger partial charge in [0.25, 0.3) is 5.01 Å². The van der Waals surface area contributed by atoms with Gasteiger partial charge in [0.05, 0.1) is 0 Å². The van der Waals surface area contributed by atoms with Crippen molar-refractivity contribution in [3.63, 3.8) is 0 Å². The van der Waals surface area contributed by atoms with Gasteiger partial charge in [0.15, 0.2) is 11.4 Å². The molecule has 0 spiro atoms. The summed E-state index contributed by atoms with van der Waals surface area (Å²) in [6.45, 7) is 0.775. The molecule has 6 heteroatoms. The number of aromatic nitrogens is 1. The molecule has 0 bridgehead atoms. The molecule has 0 saturated carbocycles. The number of benzene rings is 1. The van der Waals surface area contributed by atoms with Crippen molar-refractivity contribution in [2.75, 3.05) is 0 Å². The molecule has 0 unspecified atom stereocenters. The number of hydrogen-bond acceptors (Lipinski definition) is 4. The summed E-state index contributed by atoms with van der Waals surface area (Å²) in [5.41, 5.74) is 2.06. The van der Waals surface area contributed by atoms with E-state index in [1.807, 2.05) is 10.6 Å². The Morgan fingerprint density at radius 1 is 1.19 bits per heavy atom. The van der Waals surface area contributed by atoms with E-state index in [1.54, 1.807) is 17.4 Å². The SMILES string of the molecule is Oc1c(-c2cccc(F)c2)sc2[n+]1CCc1ccsc1-2.[OH-]. The second-order valence-corrected chi connectivity index (χ2v) is 6.66. The van der Waals surface area contributed by atoms with E-state index in [0.717, 1.165) is 28.4 Å². The molecule has 2 aromatic heterocycles. The van der Waals surface area contributed by atoms with Crippen molar-refractivity contribution in [2.45, 2.75) is 13.0 Å². The summed E-state index contributed by atoms with van der Waals surface area (Å²) in [4.78, 5) is 1.96. The Bertz CT molecular complexity index is 810. The molecule has 1 aromatic carbocycles. The fourth-order valence-electron chi connectivity index (χ4n) is 2.56. The smallest absolute Gasteiger partial charge is 0.385 e. The van der Waals surface area contributed by atoms with Crippen LogP contribution in [-0.4, -0.2) is 10.6 Å². The maximum atomic E-state index is 13.4. The number of rotatable bonds is 1. The third-order valence-corrected chi connectivity index (χ3v) is 5.87. The van der Waals surface area contributed by atoms with E-state index in [-0.39, 0.29) is 17.2 Å². The standard InChI is InChI=1S/C15H10FNOS2.H2O/c16-11-3-1-2-10(8-11)12-14(18)17-6-4-9-5-7-19-13(9)15(17)20-12;/h1-3,5,7-8H,4,6H2;1H2. The van der Waals surface area contributed by atoms with Crippen LogP contribution >= 0.6 is 22.7 Å². The van der Waals surface area contributed by atoms with E-state index in [1.165, 1.54) is 33.9 Å². The van der Waals surface area contributed by atoms with Crippen molar-refractivity contribution < 1.29 is 19.5 Å². The van der Waals surface area contributed by atoms with Crippen LogP contribution < -0.4 is 4.57 Å². The van der Waals surface area contributed by atoms with Crippen LogP contribution in [0.4, 0.5) is 4.39 Å². The molecule has 1 aliphatic rings. The van der Waals surface area contributed by atoms with Crippen LogP contribution in [0, 0.1) is 5.82 Å². The van der Waals surface area contributed by atoms with Gasteiger partial charge in [-0.25, -0.2) is 4.39 Å². The molecule has 0 radical (unpaired) electrons. The normalized spacial score (nSPS) is 12.4. The monoisotopic (exact) mass is 321 g/mol. The van der Waals surface area contributed by atoms with Crippen molar-refractivity contribution in [3.05, 3.63) is 47.1 Å². The number of aryl methyl sites for hydroxylation is 1. The number of nitrogens with zero attached hydrogens (tertiary/aromatic N) is 1. The zero-order chi connectivity index (χ0) is 13.7. The lowest BCUT2D eigenvalue weighted by atomic mass is 10.1. The molecule has 0 amide bonds. The molecule has 21 heavy (non-hydrogen) atoms. The van der Waals surface area contributed by atoms with Crippen molar-refractivity contribution >= 4 is 22.7 Å². The fourth-order valence-corrected chi connectivity index (χ4v) is 4.88. The topological polar surface area (TPSA) is 54.1 Å². The third kappa shape index (κ3) is 2.16. The van der Waals surface area contributed by atoms with Gasteiger partial charge in [0.2, 0.25) is 0 Å². The van der Waals surface area contributed by atoms with Gasteiger partial charge < -0.3 is 10.6 Å². The van der Waals surface area contributed by atoms with Crippen LogP contribution in [0.25, 0.3) is 20.3 Å². The largest absolute Gasteiger partial charge is 0.870 e. The van der Waals surface area contributed by atoms with E-state index in [4.69, 9.17) is 0 Å². The Labute approximate surface area is 128 Å². The molecule has 2 N–H and O–H groups in total. The minimum atomic E-state index is -0.282. The Morgan fingerprint density at radius 3 is 2.86 bits per heavy atom. The molecule has 0 fully saturated rings. The highest BCUT2D eigenvalue weighted by Crippen LogP contribution is 2.42. The highest BCUT2D eigenvalue weighted by Gasteiger charge is 2.33. The molecule has 0 aliphatic carbocycles. The van der Waals surface area contributed by atoms with Crippen LogP contribution in [0.3, 0.4) is 0 Å². The van der Waals surface area contributed by atoms with E-state index < -0.39 is 0 Å². The fraction of sp³-hybridized carbons (Fsp3) is 0.133. The van der Waals surface area contributed by atoms with Crippen molar-refractivity contribution in [1.29, 1.82) is 0 Å². The first-order valence-corrected chi connectivity index (χ1v) is 8.02. The molecule has 3 nitrogen and oxygen atoms in total. The molecule has 3 heterocycles.